The monoisotopic (exact) mass is 156 g/mol. The fourth-order valence-electron chi connectivity index (χ4n) is 1.69. The molecule has 0 bridgehead atoms. The van der Waals surface area contributed by atoms with Crippen molar-refractivity contribution in [3.8, 4) is 0 Å². The fourth-order valence-corrected chi connectivity index (χ4v) is 1.69. The molecule has 1 aliphatic rings. The second-order valence-electron chi connectivity index (χ2n) is 3.94. The number of amides is 1. The van der Waals surface area contributed by atoms with Crippen LogP contribution in [0.4, 0.5) is 0 Å². The SMILES string of the molecule is CC1NC(C)(C)CN(C)C1=O. The van der Waals surface area contributed by atoms with Crippen molar-refractivity contribution < 1.29 is 4.79 Å². The molecule has 1 heterocycles. The Hall–Kier alpha value is -0.570. The number of nitrogens with zero attached hydrogens (tertiary/aromatic N) is 1. The van der Waals surface area contributed by atoms with Gasteiger partial charge in [-0.15, -0.1) is 0 Å². The highest BCUT2D eigenvalue weighted by atomic mass is 16.2. The Morgan fingerprint density at radius 2 is 2.18 bits per heavy atom. The number of likely N-dealkylation sites (N-methyl/N-ethyl adjacent to an activating group) is 1. The third-order valence-corrected chi connectivity index (χ3v) is 1.99. The highest BCUT2D eigenvalue weighted by molar-refractivity contribution is 5.82. The summed E-state index contributed by atoms with van der Waals surface area (Å²) < 4.78 is 0. The average molecular weight is 156 g/mol. The van der Waals surface area contributed by atoms with Gasteiger partial charge in [0.15, 0.2) is 0 Å². The van der Waals surface area contributed by atoms with Crippen LogP contribution < -0.4 is 5.32 Å². The minimum Gasteiger partial charge on any atom is -0.343 e. The lowest BCUT2D eigenvalue weighted by molar-refractivity contribution is -0.136. The van der Waals surface area contributed by atoms with Crippen molar-refractivity contribution in [1.29, 1.82) is 0 Å². The molecule has 1 aliphatic heterocycles. The van der Waals surface area contributed by atoms with E-state index in [0.29, 0.717) is 0 Å². The van der Waals surface area contributed by atoms with E-state index in [9.17, 15) is 4.79 Å². The summed E-state index contributed by atoms with van der Waals surface area (Å²) in [4.78, 5) is 13.1. The summed E-state index contributed by atoms with van der Waals surface area (Å²) in [6.45, 7) is 6.90. The number of rotatable bonds is 0. The number of hydrogen-bond acceptors (Lipinski definition) is 2. The van der Waals surface area contributed by atoms with E-state index in [-0.39, 0.29) is 17.5 Å². The Morgan fingerprint density at radius 3 is 2.64 bits per heavy atom. The van der Waals surface area contributed by atoms with Gasteiger partial charge in [-0.3, -0.25) is 10.1 Å². The van der Waals surface area contributed by atoms with E-state index in [1.165, 1.54) is 0 Å². The molecule has 1 rings (SSSR count). The van der Waals surface area contributed by atoms with E-state index >= 15 is 0 Å². The van der Waals surface area contributed by atoms with Gasteiger partial charge < -0.3 is 4.90 Å². The second-order valence-corrected chi connectivity index (χ2v) is 3.94. The lowest BCUT2D eigenvalue weighted by Gasteiger charge is -2.40. The van der Waals surface area contributed by atoms with Crippen molar-refractivity contribution in [3.05, 3.63) is 0 Å². The quantitative estimate of drug-likeness (QED) is 0.544. The summed E-state index contributed by atoms with van der Waals surface area (Å²) in [6.07, 6.45) is 0. The van der Waals surface area contributed by atoms with E-state index in [4.69, 9.17) is 0 Å². The van der Waals surface area contributed by atoms with E-state index in [0.717, 1.165) is 6.54 Å². The van der Waals surface area contributed by atoms with Gasteiger partial charge >= 0.3 is 0 Å². The Labute approximate surface area is 67.8 Å². The molecule has 1 unspecified atom stereocenters. The minimum atomic E-state index is -0.0382. The summed E-state index contributed by atoms with van der Waals surface area (Å²) in [5.41, 5.74) is 0.0576. The number of carbonyl (C=O) groups is 1. The molecule has 1 N–H and O–H groups in total. The molecule has 3 nitrogen and oxygen atoms in total. The predicted octanol–water partition coefficient (Wildman–Crippen LogP) is 0.215. The highest BCUT2D eigenvalue weighted by Gasteiger charge is 2.33. The molecule has 0 saturated carbocycles. The van der Waals surface area contributed by atoms with Crippen LogP contribution in [0.5, 0.6) is 0 Å². The fraction of sp³-hybridized carbons (Fsp3) is 0.875. The van der Waals surface area contributed by atoms with Gasteiger partial charge in [0.25, 0.3) is 0 Å². The molecule has 11 heavy (non-hydrogen) atoms. The summed E-state index contributed by atoms with van der Waals surface area (Å²) in [5, 5.41) is 3.24. The maximum atomic E-state index is 11.3. The molecule has 0 aromatic rings. The zero-order valence-corrected chi connectivity index (χ0v) is 7.64. The number of hydrogen-bond donors (Lipinski definition) is 1. The standard InChI is InChI=1S/C8H16N2O/c1-6-7(11)10(4)5-8(2,3)9-6/h6,9H,5H2,1-4H3. The third kappa shape index (κ3) is 1.71. The van der Waals surface area contributed by atoms with Gasteiger partial charge in [0.2, 0.25) is 5.91 Å². The van der Waals surface area contributed by atoms with Crippen LogP contribution in [0.15, 0.2) is 0 Å². The van der Waals surface area contributed by atoms with Crippen molar-refractivity contribution in [3.63, 3.8) is 0 Å². The van der Waals surface area contributed by atoms with Crippen molar-refractivity contribution in [1.82, 2.24) is 10.2 Å². The molecule has 1 saturated heterocycles. The Kier molecular flexibility index (Phi) is 1.92. The molecule has 0 radical (unpaired) electrons. The smallest absolute Gasteiger partial charge is 0.239 e. The predicted molar refractivity (Wildman–Crippen MR) is 44.3 cm³/mol. The molecule has 64 valence electrons. The minimum absolute atomic E-state index is 0.0382. The molecule has 3 heteroatoms. The van der Waals surface area contributed by atoms with Crippen LogP contribution in [0.3, 0.4) is 0 Å². The Morgan fingerprint density at radius 1 is 1.64 bits per heavy atom. The lowest BCUT2D eigenvalue weighted by Crippen LogP contribution is -2.62. The van der Waals surface area contributed by atoms with Gasteiger partial charge in [-0.05, 0) is 20.8 Å². The van der Waals surface area contributed by atoms with Gasteiger partial charge in [0, 0.05) is 19.1 Å². The van der Waals surface area contributed by atoms with Gasteiger partial charge in [-0.1, -0.05) is 0 Å². The van der Waals surface area contributed by atoms with Crippen LogP contribution in [0, 0.1) is 0 Å². The summed E-state index contributed by atoms with van der Waals surface area (Å²) in [6, 6.07) is -0.0382. The van der Waals surface area contributed by atoms with E-state index < -0.39 is 0 Å². The summed E-state index contributed by atoms with van der Waals surface area (Å²) >= 11 is 0. The zero-order chi connectivity index (χ0) is 8.65. The van der Waals surface area contributed by atoms with Crippen molar-refractivity contribution in [2.45, 2.75) is 32.4 Å². The Balaban J connectivity index is 2.70. The normalized spacial score (nSPS) is 30.7. The summed E-state index contributed by atoms with van der Waals surface area (Å²) in [7, 11) is 1.85. The van der Waals surface area contributed by atoms with Crippen molar-refractivity contribution >= 4 is 5.91 Å². The van der Waals surface area contributed by atoms with E-state index in [2.05, 4.69) is 19.2 Å². The van der Waals surface area contributed by atoms with Crippen LogP contribution in [-0.4, -0.2) is 36.0 Å². The first-order chi connectivity index (χ1) is 4.92. The molecule has 1 atom stereocenters. The molecule has 0 aromatic heterocycles. The average Bonchev–Trinajstić information content (AvgIpc) is 1.81. The molecule has 0 spiro atoms. The molecular weight excluding hydrogens is 140 g/mol. The number of carbonyl (C=O) groups excluding carboxylic acids is 1. The maximum Gasteiger partial charge on any atom is 0.239 e. The van der Waals surface area contributed by atoms with Crippen molar-refractivity contribution in [2.75, 3.05) is 13.6 Å². The first-order valence-corrected chi connectivity index (χ1v) is 3.95. The van der Waals surface area contributed by atoms with Gasteiger partial charge in [0.1, 0.15) is 0 Å². The lowest BCUT2D eigenvalue weighted by atomic mass is 9.99. The third-order valence-electron chi connectivity index (χ3n) is 1.99. The highest BCUT2D eigenvalue weighted by Crippen LogP contribution is 2.12. The Bertz CT molecular complexity index is 161. The topological polar surface area (TPSA) is 32.3 Å². The van der Waals surface area contributed by atoms with E-state index in [1.54, 1.807) is 4.90 Å². The second kappa shape index (κ2) is 2.48. The first kappa shape index (κ1) is 8.53. The zero-order valence-electron chi connectivity index (χ0n) is 7.64. The van der Waals surface area contributed by atoms with Crippen LogP contribution in [0.2, 0.25) is 0 Å². The van der Waals surface area contributed by atoms with Crippen LogP contribution in [-0.2, 0) is 4.79 Å². The van der Waals surface area contributed by atoms with Crippen molar-refractivity contribution in [2.24, 2.45) is 0 Å². The first-order valence-electron chi connectivity index (χ1n) is 3.95. The molecule has 1 fully saturated rings. The summed E-state index contributed by atoms with van der Waals surface area (Å²) in [5.74, 6) is 0.185. The maximum absolute atomic E-state index is 11.3. The number of nitrogens with one attached hydrogen (secondary N) is 1. The molecule has 0 aromatic carbocycles. The number of piperazine rings is 1. The van der Waals surface area contributed by atoms with Gasteiger partial charge in [0.05, 0.1) is 6.04 Å². The van der Waals surface area contributed by atoms with Crippen LogP contribution in [0.25, 0.3) is 0 Å². The van der Waals surface area contributed by atoms with Crippen LogP contribution >= 0.6 is 0 Å². The molecule has 1 amide bonds. The molecule has 0 aliphatic carbocycles. The van der Waals surface area contributed by atoms with Crippen LogP contribution in [0.1, 0.15) is 20.8 Å². The van der Waals surface area contributed by atoms with Gasteiger partial charge in [-0.2, -0.15) is 0 Å². The molecular formula is C8H16N2O. The van der Waals surface area contributed by atoms with Gasteiger partial charge in [-0.25, -0.2) is 0 Å². The largest absolute Gasteiger partial charge is 0.343 e. The van der Waals surface area contributed by atoms with E-state index in [1.807, 2.05) is 14.0 Å².